The molecule has 18 heavy (non-hydrogen) atoms. The van der Waals surface area contributed by atoms with E-state index >= 15 is 0 Å². The van der Waals surface area contributed by atoms with Gasteiger partial charge >= 0.3 is 51.4 Å². The van der Waals surface area contributed by atoms with Crippen LogP contribution in [-0.2, 0) is 9.84 Å². The fourth-order valence-electron chi connectivity index (χ4n) is 1.26. The molecule has 1 aromatic rings. The van der Waals surface area contributed by atoms with Crippen LogP contribution in [0.2, 0.25) is 5.15 Å². The molecule has 5 nitrogen and oxygen atoms in total. The number of carbonyl (C=O) groups is 1. The van der Waals surface area contributed by atoms with Crippen LogP contribution < -0.4 is 56.5 Å². The molecule has 1 aromatic heterocycles. The van der Waals surface area contributed by atoms with Crippen molar-refractivity contribution in [2.45, 2.75) is 24.7 Å². The van der Waals surface area contributed by atoms with Crippen molar-refractivity contribution >= 4 is 27.4 Å². The van der Waals surface area contributed by atoms with E-state index < -0.39 is 21.5 Å². The minimum Gasteiger partial charge on any atom is -0.543 e. The Hall–Kier alpha value is 0.496. The standard InChI is InChI=1S/C10H12ClNO4S.K/c1-2-3-6-17(15,16)7-4-5-8(11)12-9(7)10(13)14;/h4-5H,2-3,6H2,1H3,(H,13,14);/q;+1/p-1. The van der Waals surface area contributed by atoms with Crippen molar-refractivity contribution in [3.05, 3.63) is 23.0 Å². The molecule has 0 unspecified atom stereocenters. The van der Waals surface area contributed by atoms with Gasteiger partial charge in [-0.25, -0.2) is 13.4 Å². The van der Waals surface area contributed by atoms with Gasteiger partial charge in [0.2, 0.25) is 0 Å². The second-order valence-electron chi connectivity index (χ2n) is 3.44. The van der Waals surface area contributed by atoms with Crippen LogP contribution in [0, 0.1) is 0 Å². The van der Waals surface area contributed by atoms with Gasteiger partial charge in [-0.15, -0.1) is 0 Å². The maximum absolute atomic E-state index is 11.9. The fraction of sp³-hybridized carbons (Fsp3) is 0.400. The maximum Gasteiger partial charge on any atom is 1.00 e. The molecule has 0 fully saturated rings. The third-order valence-corrected chi connectivity index (χ3v) is 4.16. The van der Waals surface area contributed by atoms with Crippen LogP contribution in [0.15, 0.2) is 17.0 Å². The predicted octanol–water partition coefficient (Wildman–Crippen LogP) is -2.32. The third-order valence-electron chi connectivity index (χ3n) is 2.12. The zero-order valence-corrected chi connectivity index (χ0v) is 14.8. The number of unbranched alkanes of at least 4 members (excludes halogenated alkanes) is 1. The van der Waals surface area contributed by atoms with Gasteiger partial charge in [0.25, 0.3) is 0 Å². The molecule has 1 heterocycles. The van der Waals surface area contributed by atoms with Gasteiger partial charge in [-0.2, -0.15) is 0 Å². The van der Waals surface area contributed by atoms with E-state index in [1.54, 1.807) is 0 Å². The topological polar surface area (TPSA) is 87.2 Å². The van der Waals surface area contributed by atoms with E-state index in [-0.39, 0.29) is 67.2 Å². The molecule has 0 saturated heterocycles. The molecular weight excluding hydrogens is 305 g/mol. The van der Waals surface area contributed by atoms with Crippen LogP contribution in [0.4, 0.5) is 0 Å². The smallest absolute Gasteiger partial charge is 0.543 e. The normalized spacial score (nSPS) is 10.8. The molecule has 94 valence electrons. The van der Waals surface area contributed by atoms with Gasteiger partial charge in [-0.1, -0.05) is 24.9 Å². The molecule has 0 N–H and O–H groups in total. The average molecular weight is 316 g/mol. The first-order chi connectivity index (χ1) is 7.88. The van der Waals surface area contributed by atoms with E-state index in [9.17, 15) is 18.3 Å². The Balaban J connectivity index is 0.00000289. The number of hydrogen-bond donors (Lipinski definition) is 0. The summed E-state index contributed by atoms with van der Waals surface area (Å²) in [6, 6.07) is 2.39. The zero-order chi connectivity index (χ0) is 13.1. The molecule has 0 aliphatic rings. The first-order valence-electron chi connectivity index (χ1n) is 4.99. The number of pyridine rings is 1. The second kappa shape index (κ2) is 7.93. The largest absolute Gasteiger partial charge is 1.00 e. The van der Waals surface area contributed by atoms with Crippen molar-refractivity contribution in [2.24, 2.45) is 0 Å². The van der Waals surface area contributed by atoms with Crippen molar-refractivity contribution < 1.29 is 69.7 Å². The number of aromatic nitrogens is 1. The SMILES string of the molecule is CCCCS(=O)(=O)c1ccc(Cl)nc1C(=O)[O-].[K+]. The van der Waals surface area contributed by atoms with E-state index in [1.807, 2.05) is 6.92 Å². The Labute approximate surface area is 153 Å². The van der Waals surface area contributed by atoms with Crippen LogP contribution >= 0.6 is 11.6 Å². The molecule has 8 heteroatoms. The maximum atomic E-state index is 11.9. The van der Waals surface area contributed by atoms with Crippen molar-refractivity contribution in [1.29, 1.82) is 0 Å². The molecule has 0 atom stereocenters. The minimum atomic E-state index is -3.66. The summed E-state index contributed by atoms with van der Waals surface area (Å²) in [4.78, 5) is 13.9. The molecule has 0 radical (unpaired) electrons. The second-order valence-corrected chi connectivity index (χ2v) is 5.91. The molecule has 1 rings (SSSR count). The van der Waals surface area contributed by atoms with E-state index in [2.05, 4.69) is 4.98 Å². The number of sulfone groups is 1. The Bertz CT molecular complexity index is 533. The minimum absolute atomic E-state index is 0. The fourth-order valence-corrected chi connectivity index (χ4v) is 3.00. The molecule has 0 bridgehead atoms. The molecule has 0 saturated carbocycles. The number of nitrogens with zero attached hydrogens (tertiary/aromatic N) is 1. The molecule has 0 aromatic carbocycles. The summed E-state index contributed by atoms with van der Waals surface area (Å²) in [5.74, 6) is -1.77. The first kappa shape index (κ1) is 18.5. The van der Waals surface area contributed by atoms with Gasteiger partial charge in [0, 0.05) is 0 Å². The number of aromatic carboxylic acids is 1. The zero-order valence-electron chi connectivity index (χ0n) is 10.1. The summed E-state index contributed by atoms with van der Waals surface area (Å²) >= 11 is 5.52. The number of halogens is 1. The molecular formula is C10H11ClKNO4S. The molecule has 0 aliphatic carbocycles. The summed E-state index contributed by atoms with van der Waals surface area (Å²) < 4.78 is 23.7. The molecule has 0 aliphatic heterocycles. The summed E-state index contributed by atoms with van der Waals surface area (Å²) in [5, 5.41) is 10.7. The Morgan fingerprint density at radius 2 is 2.06 bits per heavy atom. The number of carboxylic acids is 1. The van der Waals surface area contributed by atoms with E-state index in [0.29, 0.717) is 12.8 Å². The molecule has 0 spiro atoms. The van der Waals surface area contributed by atoms with Crippen LogP contribution in [-0.4, -0.2) is 25.1 Å². The summed E-state index contributed by atoms with van der Waals surface area (Å²) in [6.45, 7) is 1.84. The van der Waals surface area contributed by atoms with Gasteiger partial charge in [0.05, 0.1) is 16.6 Å². The van der Waals surface area contributed by atoms with Gasteiger partial charge in [0.1, 0.15) is 10.8 Å². The molecule has 0 amide bonds. The summed E-state index contributed by atoms with van der Waals surface area (Å²) in [6.07, 6.45) is 1.15. The Morgan fingerprint density at radius 1 is 1.44 bits per heavy atom. The quantitative estimate of drug-likeness (QED) is 0.449. The predicted molar refractivity (Wildman–Crippen MR) is 60.5 cm³/mol. The van der Waals surface area contributed by atoms with Crippen molar-refractivity contribution in [1.82, 2.24) is 4.98 Å². The van der Waals surface area contributed by atoms with E-state index in [4.69, 9.17) is 11.6 Å². The summed E-state index contributed by atoms with van der Waals surface area (Å²) in [5.41, 5.74) is -0.631. The van der Waals surface area contributed by atoms with Crippen LogP contribution in [0.25, 0.3) is 0 Å². The van der Waals surface area contributed by atoms with Gasteiger partial charge in [0.15, 0.2) is 9.84 Å². The third kappa shape index (κ3) is 4.88. The average Bonchev–Trinajstić information content (AvgIpc) is 2.26. The van der Waals surface area contributed by atoms with E-state index in [0.717, 1.165) is 6.07 Å². The van der Waals surface area contributed by atoms with Crippen molar-refractivity contribution in [3.63, 3.8) is 0 Å². The van der Waals surface area contributed by atoms with Crippen LogP contribution in [0.3, 0.4) is 0 Å². The Morgan fingerprint density at radius 3 is 2.56 bits per heavy atom. The van der Waals surface area contributed by atoms with Gasteiger partial charge in [-0.05, 0) is 18.6 Å². The van der Waals surface area contributed by atoms with Crippen LogP contribution in [0.5, 0.6) is 0 Å². The summed E-state index contributed by atoms with van der Waals surface area (Å²) in [7, 11) is -3.66. The van der Waals surface area contributed by atoms with Crippen molar-refractivity contribution in [2.75, 3.05) is 5.75 Å². The van der Waals surface area contributed by atoms with Crippen LogP contribution in [0.1, 0.15) is 30.3 Å². The number of carboxylic acid groups (broad SMARTS) is 1. The van der Waals surface area contributed by atoms with E-state index in [1.165, 1.54) is 6.07 Å². The number of carbonyl (C=O) groups excluding carboxylic acids is 1. The number of rotatable bonds is 5. The van der Waals surface area contributed by atoms with Gasteiger partial charge < -0.3 is 9.90 Å². The Kier molecular flexibility index (Phi) is 8.15. The number of hydrogen-bond acceptors (Lipinski definition) is 5. The first-order valence-corrected chi connectivity index (χ1v) is 7.02. The monoisotopic (exact) mass is 315 g/mol. The van der Waals surface area contributed by atoms with Crippen molar-refractivity contribution in [3.8, 4) is 0 Å². The van der Waals surface area contributed by atoms with Gasteiger partial charge in [-0.3, -0.25) is 0 Å².